The summed E-state index contributed by atoms with van der Waals surface area (Å²) in [5.74, 6) is -0.321. The van der Waals surface area contributed by atoms with Crippen molar-refractivity contribution in [2.75, 3.05) is 34.2 Å². The van der Waals surface area contributed by atoms with Gasteiger partial charge in [-0.25, -0.2) is 0 Å². The minimum atomic E-state index is -1.10. The highest BCUT2D eigenvalue weighted by Gasteiger charge is 2.63. The largest absolute Gasteiger partial charge is 0.390 e. The molecule has 8 nitrogen and oxygen atoms in total. The van der Waals surface area contributed by atoms with Gasteiger partial charge in [0.05, 0.1) is 37.6 Å². The Bertz CT molecular complexity index is 734. The Morgan fingerprint density at radius 3 is 1.92 bits per heavy atom. The number of ether oxygens (including phenoxy) is 6. The van der Waals surface area contributed by atoms with E-state index in [0.29, 0.717) is 12.5 Å². The Hall–Kier alpha value is -0.320. The van der Waals surface area contributed by atoms with Crippen LogP contribution in [0.3, 0.4) is 0 Å². The van der Waals surface area contributed by atoms with Crippen molar-refractivity contribution in [3.8, 4) is 0 Å². The zero-order valence-electron chi connectivity index (χ0n) is 25.0. The van der Waals surface area contributed by atoms with Crippen molar-refractivity contribution >= 4 is 0 Å². The number of aliphatic hydroxyl groups excluding tert-OH is 2. The Balaban J connectivity index is 2.17. The first-order valence-electron chi connectivity index (χ1n) is 14.0. The average Bonchev–Trinajstić information content (AvgIpc) is 3.30. The molecule has 0 radical (unpaired) electrons. The maximum atomic E-state index is 11.8. The molecule has 0 aromatic heterocycles. The van der Waals surface area contributed by atoms with Crippen LogP contribution in [0.15, 0.2) is 0 Å². The van der Waals surface area contributed by atoms with Crippen molar-refractivity contribution in [1.29, 1.82) is 0 Å². The number of methoxy groups -OCH3 is 2. The average molecular weight is 531 g/mol. The third kappa shape index (κ3) is 5.64. The van der Waals surface area contributed by atoms with Crippen LogP contribution in [-0.4, -0.2) is 93.3 Å². The third-order valence-electron chi connectivity index (χ3n) is 10.5. The van der Waals surface area contributed by atoms with Crippen molar-refractivity contribution in [2.45, 2.75) is 118 Å². The summed E-state index contributed by atoms with van der Waals surface area (Å²) in [5.41, 5.74) is -0.693. The molecule has 0 aliphatic carbocycles. The van der Waals surface area contributed by atoms with E-state index in [2.05, 4.69) is 62.3 Å². The van der Waals surface area contributed by atoms with Gasteiger partial charge in [-0.1, -0.05) is 68.7 Å². The molecule has 0 amide bonds. The van der Waals surface area contributed by atoms with Crippen LogP contribution in [0.2, 0.25) is 0 Å². The van der Waals surface area contributed by atoms with Crippen LogP contribution < -0.4 is 0 Å². The van der Waals surface area contributed by atoms with Crippen LogP contribution >= 0.6 is 0 Å². The quantitative estimate of drug-likeness (QED) is 0.466. The number of hydrogen-bond donors (Lipinski definition) is 2. The van der Waals surface area contributed by atoms with Gasteiger partial charge in [-0.2, -0.15) is 0 Å². The summed E-state index contributed by atoms with van der Waals surface area (Å²) in [6.45, 7) is 20.7. The van der Waals surface area contributed by atoms with E-state index in [-0.39, 0.29) is 60.0 Å². The number of fused-ring (bicyclic) bond motifs is 1. The second-order valence-corrected chi connectivity index (χ2v) is 13.7. The van der Waals surface area contributed by atoms with Crippen LogP contribution in [0, 0.1) is 34.0 Å². The highest BCUT2D eigenvalue weighted by atomic mass is 16.7. The lowest BCUT2D eigenvalue weighted by molar-refractivity contribution is -0.298. The zero-order chi connectivity index (χ0) is 27.9. The molecule has 218 valence electrons. The molecule has 8 heteroatoms. The summed E-state index contributed by atoms with van der Waals surface area (Å²) in [6.07, 6.45) is -3.53. The molecule has 3 saturated heterocycles. The molecule has 37 heavy (non-hydrogen) atoms. The van der Waals surface area contributed by atoms with Crippen molar-refractivity contribution in [1.82, 2.24) is 0 Å². The maximum absolute atomic E-state index is 11.8. The molecule has 3 fully saturated rings. The lowest BCUT2D eigenvalue weighted by Crippen LogP contribution is -2.69. The highest BCUT2D eigenvalue weighted by Crippen LogP contribution is 2.56. The van der Waals surface area contributed by atoms with Gasteiger partial charge >= 0.3 is 0 Å². The fourth-order valence-electron chi connectivity index (χ4n) is 6.65. The summed E-state index contributed by atoms with van der Waals surface area (Å²) in [7, 11) is 3.24. The van der Waals surface area contributed by atoms with Gasteiger partial charge in [0.25, 0.3) is 0 Å². The van der Waals surface area contributed by atoms with Crippen LogP contribution in [0.5, 0.6) is 0 Å². The van der Waals surface area contributed by atoms with E-state index in [1.807, 2.05) is 0 Å². The topological polar surface area (TPSA) is 95.8 Å². The second kappa shape index (κ2) is 11.7. The molecule has 3 aliphatic rings. The molecule has 2 N–H and O–H groups in total. The van der Waals surface area contributed by atoms with Crippen LogP contribution in [0.25, 0.3) is 0 Å². The molecule has 0 aromatic rings. The maximum Gasteiger partial charge on any atom is 0.147 e. The van der Waals surface area contributed by atoms with Gasteiger partial charge in [0.1, 0.15) is 31.2 Å². The van der Waals surface area contributed by atoms with Crippen LogP contribution in [0.1, 0.15) is 68.7 Å². The van der Waals surface area contributed by atoms with Gasteiger partial charge in [0, 0.05) is 26.1 Å². The zero-order valence-corrected chi connectivity index (χ0v) is 25.0. The van der Waals surface area contributed by atoms with Gasteiger partial charge in [0.15, 0.2) is 0 Å². The molecular weight excluding hydrogens is 476 g/mol. The first-order chi connectivity index (χ1) is 17.1. The summed E-state index contributed by atoms with van der Waals surface area (Å²) in [4.78, 5) is 0. The summed E-state index contributed by atoms with van der Waals surface area (Å²) in [6, 6.07) is 0. The van der Waals surface area contributed by atoms with Crippen molar-refractivity contribution in [3.05, 3.63) is 0 Å². The van der Waals surface area contributed by atoms with E-state index in [9.17, 15) is 10.2 Å². The molecule has 0 bridgehead atoms. The predicted octanol–water partition coefficient (Wildman–Crippen LogP) is 3.65. The molecule has 3 aliphatic heterocycles. The smallest absolute Gasteiger partial charge is 0.147 e. The van der Waals surface area contributed by atoms with Gasteiger partial charge in [0.2, 0.25) is 0 Å². The van der Waals surface area contributed by atoms with Gasteiger partial charge in [-0.15, -0.1) is 0 Å². The lowest BCUT2D eigenvalue weighted by atomic mass is 9.54. The Kier molecular flexibility index (Phi) is 9.83. The molecule has 3 rings (SSSR count). The summed E-state index contributed by atoms with van der Waals surface area (Å²) >= 11 is 0. The van der Waals surface area contributed by atoms with E-state index >= 15 is 0 Å². The molecule has 0 spiro atoms. The molecule has 0 aromatic carbocycles. The van der Waals surface area contributed by atoms with E-state index in [4.69, 9.17) is 28.4 Å². The Labute approximate surface area is 224 Å². The molecular formula is C29H54O8. The first-order valence-corrected chi connectivity index (χ1v) is 14.0. The fraction of sp³-hybridized carbons (Fsp3) is 1.00. The molecule has 11 unspecified atom stereocenters. The molecule has 0 saturated carbocycles. The predicted molar refractivity (Wildman–Crippen MR) is 141 cm³/mol. The molecule has 3 heterocycles. The summed E-state index contributed by atoms with van der Waals surface area (Å²) < 4.78 is 36.9. The van der Waals surface area contributed by atoms with Gasteiger partial charge in [-0.05, 0) is 22.2 Å². The Morgan fingerprint density at radius 1 is 0.811 bits per heavy atom. The van der Waals surface area contributed by atoms with Crippen LogP contribution in [-0.2, 0) is 28.4 Å². The minimum Gasteiger partial charge on any atom is -0.390 e. The van der Waals surface area contributed by atoms with Gasteiger partial charge < -0.3 is 38.6 Å². The normalized spacial score (nSPS) is 40.5. The van der Waals surface area contributed by atoms with E-state index < -0.39 is 30.3 Å². The Morgan fingerprint density at radius 2 is 1.38 bits per heavy atom. The molecule has 11 atom stereocenters. The van der Waals surface area contributed by atoms with E-state index in [1.54, 1.807) is 14.2 Å². The van der Waals surface area contributed by atoms with Crippen molar-refractivity contribution < 1.29 is 38.6 Å². The number of hydrogen-bond acceptors (Lipinski definition) is 8. The standard InChI is InChI=1S/C29H54O8/c1-12-16(2)28(6,7)26-19(22(31)21(30)17(37-26)13-32-10)24-20(29(8,9)27(3,4)5)25-23(34-15-35-25)18(36-24)14-33-11/h16-26,30-31H,12-15H2,1-11H3. The van der Waals surface area contributed by atoms with Crippen molar-refractivity contribution in [2.24, 2.45) is 34.0 Å². The first kappa shape index (κ1) is 31.2. The number of rotatable bonds is 9. The van der Waals surface area contributed by atoms with E-state index in [1.165, 1.54) is 0 Å². The minimum absolute atomic E-state index is 0.108. The highest BCUT2D eigenvalue weighted by molar-refractivity contribution is 5.10. The monoisotopic (exact) mass is 530 g/mol. The number of aliphatic hydroxyl groups is 2. The fourth-order valence-corrected chi connectivity index (χ4v) is 6.65. The lowest BCUT2D eigenvalue weighted by Gasteiger charge is -2.59. The second-order valence-electron chi connectivity index (χ2n) is 13.7. The SMILES string of the molecule is CCC(C)C(C)(C)C1OC(COC)C(O)C(O)C1C1OC(COC)C2OCOC2C1C(C)(C)C(C)(C)C. The van der Waals surface area contributed by atoms with Crippen molar-refractivity contribution in [3.63, 3.8) is 0 Å². The van der Waals surface area contributed by atoms with Gasteiger partial charge in [-0.3, -0.25) is 0 Å². The van der Waals surface area contributed by atoms with Crippen LogP contribution in [0.4, 0.5) is 0 Å². The third-order valence-corrected chi connectivity index (χ3v) is 10.5. The van der Waals surface area contributed by atoms with E-state index in [0.717, 1.165) is 6.42 Å². The summed E-state index contributed by atoms with van der Waals surface area (Å²) in [5, 5.41) is 23.1.